The lowest BCUT2D eigenvalue weighted by atomic mass is 10.0. The molecule has 2 aromatic heterocycles. The van der Waals surface area contributed by atoms with Crippen molar-refractivity contribution in [1.29, 1.82) is 0 Å². The van der Waals surface area contributed by atoms with Gasteiger partial charge in [0.15, 0.2) is 6.61 Å². The summed E-state index contributed by atoms with van der Waals surface area (Å²) in [5.41, 5.74) is 2.43. The summed E-state index contributed by atoms with van der Waals surface area (Å²) in [5, 5.41) is 0. The van der Waals surface area contributed by atoms with Crippen LogP contribution in [0.25, 0.3) is 11.1 Å². The lowest BCUT2D eigenvalue weighted by Crippen LogP contribution is -2.38. The van der Waals surface area contributed by atoms with E-state index >= 15 is 0 Å². The molecule has 0 aliphatic carbocycles. The molecule has 1 aliphatic heterocycles. The number of nitrogens with zero attached hydrogens (tertiary/aromatic N) is 3. The zero-order chi connectivity index (χ0) is 26.9. The van der Waals surface area contributed by atoms with Crippen molar-refractivity contribution in [1.82, 2.24) is 9.97 Å². The van der Waals surface area contributed by atoms with E-state index in [1.807, 2.05) is 12.1 Å². The van der Waals surface area contributed by atoms with E-state index in [1.54, 1.807) is 35.5 Å². The minimum absolute atomic E-state index is 0.0596. The first-order valence-corrected chi connectivity index (χ1v) is 12.7. The molecular formula is C26H20F2N4O5S. The number of pyridine rings is 2. The van der Waals surface area contributed by atoms with Crippen molar-refractivity contribution in [2.75, 3.05) is 23.3 Å². The van der Waals surface area contributed by atoms with Crippen molar-refractivity contribution >= 4 is 27.3 Å². The molecule has 1 amide bonds. The molecule has 1 aliphatic rings. The first kappa shape index (κ1) is 25.1. The van der Waals surface area contributed by atoms with Gasteiger partial charge in [0.2, 0.25) is 5.88 Å². The van der Waals surface area contributed by atoms with Crippen LogP contribution in [0.5, 0.6) is 11.6 Å². The molecule has 4 aromatic rings. The summed E-state index contributed by atoms with van der Waals surface area (Å²) in [5.74, 6) is -1.92. The van der Waals surface area contributed by atoms with E-state index in [9.17, 15) is 22.0 Å². The number of halogens is 2. The third kappa shape index (κ3) is 4.98. The second-order valence-electron chi connectivity index (χ2n) is 8.27. The number of sulfonamides is 1. The third-order valence-electron chi connectivity index (χ3n) is 5.80. The highest BCUT2D eigenvalue weighted by Gasteiger charge is 2.27. The van der Waals surface area contributed by atoms with Crippen molar-refractivity contribution < 1.29 is 31.5 Å². The molecule has 12 heteroatoms. The summed E-state index contributed by atoms with van der Waals surface area (Å²) < 4.78 is 66.3. The van der Waals surface area contributed by atoms with Gasteiger partial charge < -0.3 is 14.4 Å². The van der Waals surface area contributed by atoms with Gasteiger partial charge in [0.05, 0.1) is 19.3 Å². The number of rotatable bonds is 7. The molecule has 0 atom stereocenters. The van der Waals surface area contributed by atoms with Crippen LogP contribution in [0.1, 0.15) is 5.56 Å². The molecule has 0 fully saturated rings. The Labute approximate surface area is 216 Å². The number of anilines is 2. The van der Waals surface area contributed by atoms with Crippen molar-refractivity contribution in [2.45, 2.75) is 11.4 Å². The van der Waals surface area contributed by atoms with Crippen LogP contribution in [0, 0.1) is 11.6 Å². The Kier molecular flexibility index (Phi) is 6.64. The minimum atomic E-state index is -4.45. The van der Waals surface area contributed by atoms with Gasteiger partial charge in [-0.1, -0.05) is 6.07 Å². The molecule has 0 saturated heterocycles. The Morgan fingerprint density at radius 1 is 1.05 bits per heavy atom. The van der Waals surface area contributed by atoms with Crippen LogP contribution in [0.4, 0.5) is 20.2 Å². The SMILES string of the molecule is COc1ncc(-c2ccc3c(c2)N(Cc2ccncc2)C(=O)CO3)cc1NS(=O)(=O)c1ccc(F)cc1F. The van der Waals surface area contributed by atoms with Gasteiger partial charge in [-0.3, -0.25) is 14.5 Å². The van der Waals surface area contributed by atoms with E-state index < -0.39 is 26.6 Å². The Bertz CT molecular complexity index is 1630. The summed E-state index contributed by atoms with van der Waals surface area (Å²) in [6.45, 7) is 0.198. The average Bonchev–Trinajstić information content (AvgIpc) is 2.90. The molecule has 0 radical (unpaired) electrons. The third-order valence-corrected chi connectivity index (χ3v) is 7.20. The number of ether oxygens (including phenoxy) is 2. The topological polar surface area (TPSA) is 111 Å². The molecule has 0 unspecified atom stereocenters. The number of carbonyl (C=O) groups is 1. The number of benzene rings is 2. The van der Waals surface area contributed by atoms with E-state index in [-0.39, 0.29) is 24.1 Å². The van der Waals surface area contributed by atoms with E-state index in [4.69, 9.17) is 9.47 Å². The fourth-order valence-electron chi connectivity index (χ4n) is 3.96. The van der Waals surface area contributed by atoms with Gasteiger partial charge in [0.1, 0.15) is 28.0 Å². The van der Waals surface area contributed by atoms with E-state index in [0.717, 1.165) is 17.7 Å². The summed E-state index contributed by atoms with van der Waals surface area (Å²) in [6, 6.07) is 12.4. The zero-order valence-corrected chi connectivity index (χ0v) is 20.7. The van der Waals surface area contributed by atoms with Crippen LogP contribution in [0.15, 0.2) is 78.1 Å². The maximum absolute atomic E-state index is 14.2. The molecule has 0 spiro atoms. The second-order valence-corrected chi connectivity index (χ2v) is 9.92. The molecule has 0 bridgehead atoms. The minimum Gasteiger partial charge on any atom is -0.482 e. The maximum Gasteiger partial charge on any atom is 0.265 e. The lowest BCUT2D eigenvalue weighted by Gasteiger charge is -2.30. The molecule has 38 heavy (non-hydrogen) atoms. The number of fused-ring (bicyclic) bond motifs is 1. The van der Waals surface area contributed by atoms with Crippen LogP contribution >= 0.6 is 0 Å². The molecular weight excluding hydrogens is 518 g/mol. The molecule has 0 saturated carbocycles. The first-order chi connectivity index (χ1) is 18.2. The van der Waals surface area contributed by atoms with Gasteiger partial charge in [-0.15, -0.1) is 0 Å². The van der Waals surface area contributed by atoms with Crippen molar-refractivity contribution in [3.8, 4) is 22.8 Å². The molecule has 1 N–H and O–H groups in total. The van der Waals surface area contributed by atoms with E-state index in [0.29, 0.717) is 35.2 Å². The van der Waals surface area contributed by atoms with Gasteiger partial charge in [-0.25, -0.2) is 22.2 Å². The van der Waals surface area contributed by atoms with Crippen LogP contribution < -0.4 is 19.1 Å². The van der Waals surface area contributed by atoms with E-state index in [1.165, 1.54) is 19.4 Å². The lowest BCUT2D eigenvalue weighted by molar-refractivity contribution is -0.121. The number of carbonyl (C=O) groups excluding carboxylic acids is 1. The monoisotopic (exact) mass is 538 g/mol. The van der Waals surface area contributed by atoms with Crippen LogP contribution in [0.2, 0.25) is 0 Å². The predicted molar refractivity (Wildman–Crippen MR) is 134 cm³/mol. The maximum atomic E-state index is 14.2. The number of hydrogen-bond acceptors (Lipinski definition) is 7. The normalized spacial score (nSPS) is 13.0. The predicted octanol–water partition coefficient (Wildman–Crippen LogP) is 4.16. The molecule has 3 heterocycles. The highest BCUT2D eigenvalue weighted by molar-refractivity contribution is 7.92. The first-order valence-electron chi connectivity index (χ1n) is 11.2. The van der Waals surface area contributed by atoms with Gasteiger partial charge in [0, 0.05) is 30.2 Å². The molecule has 2 aromatic carbocycles. The standard InChI is InChI=1S/C26H20F2N4O5S/c1-36-26-21(31-38(34,35)24-5-3-19(27)12-20(24)28)10-18(13-30-26)17-2-4-23-22(11-17)32(25(33)15-37-23)14-16-6-8-29-9-7-16/h2-13,31H,14-15H2,1H3. The summed E-state index contributed by atoms with van der Waals surface area (Å²) in [4.78, 5) is 21.8. The fourth-order valence-corrected chi connectivity index (χ4v) is 5.07. The number of methoxy groups -OCH3 is 1. The second kappa shape index (κ2) is 10.1. The van der Waals surface area contributed by atoms with Gasteiger partial charge in [-0.05, 0) is 53.6 Å². The number of aromatic nitrogens is 2. The number of amides is 1. The van der Waals surface area contributed by atoms with Crippen molar-refractivity contribution in [3.05, 3.63) is 90.4 Å². The number of nitrogens with one attached hydrogen (secondary N) is 1. The Balaban J connectivity index is 1.51. The van der Waals surface area contributed by atoms with E-state index in [2.05, 4.69) is 14.7 Å². The Morgan fingerprint density at radius 2 is 1.84 bits per heavy atom. The number of hydrogen-bond donors (Lipinski definition) is 1. The Morgan fingerprint density at radius 3 is 2.58 bits per heavy atom. The molecule has 9 nitrogen and oxygen atoms in total. The Hall–Kier alpha value is -4.58. The van der Waals surface area contributed by atoms with Crippen molar-refractivity contribution in [2.24, 2.45) is 0 Å². The fraction of sp³-hybridized carbons (Fsp3) is 0.115. The van der Waals surface area contributed by atoms with Crippen LogP contribution in [-0.4, -0.2) is 38.0 Å². The summed E-state index contributed by atoms with van der Waals surface area (Å²) >= 11 is 0. The van der Waals surface area contributed by atoms with Gasteiger partial charge >= 0.3 is 0 Å². The van der Waals surface area contributed by atoms with Crippen molar-refractivity contribution in [3.63, 3.8) is 0 Å². The van der Waals surface area contributed by atoms with Crippen LogP contribution in [0.3, 0.4) is 0 Å². The highest BCUT2D eigenvalue weighted by atomic mass is 32.2. The zero-order valence-electron chi connectivity index (χ0n) is 19.9. The summed E-state index contributed by atoms with van der Waals surface area (Å²) in [7, 11) is -3.14. The van der Waals surface area contributed by atoms with Gasteiger partial charge in [0.25, 0.3) is 15.9 Å². The largest absolute Gasteiger partial charge is 0.482 e. The summed E-state index contributed by atoms with van der Waals surface area (Å²) in [6.07, 6.45) is 4.75. The molecule has 194 valence electrons. The highest BCUT2D eigenvalue weighted by Crippen LogP contribution is 2.38. The van der Waals surface area contributed by atoms with Gasteiger partial charge in [-0.2, -0.15) is 0 Å². The van der Waals surface area contributed by atoms with Crippen LogP contribution in [-0.2, 0) is 21.4 Å². The average molecular weight is 539 g/mol. The smallest absolute Gasteiger partial charge is 0.265 e. The molecule has 5 rings (SSSR count). The quantitative estimate of drug-likeness (QED) is 0.376.